The van der Waals surface area contributed by atoms with E-state index in [0.717, 1.165) is 36.7 Å². The molecule has 1 fully saturated rings. The molecule has 1 aliphatic rings. The third-order valence-corrected chi connectivity index (χ3v) is 4.74. The largest absolute Gasteiger partial charge is 0.377 e. The van der Waals surface area contributed by atoms with Gasteiger partial charge >= 0.3 is 0 Å². The zero-order valence-corrected chi connectivity index (χ0v) is 17.3. The predicted molar refractivity (Wildman–Crippen MR) is 117 cm³/mol. The van der Waals surface area contributed by atoms with E-state index in [1.54, 1.807) is 0 Å². The summed E-state index contributed by atoms with van der Waals surface area (Å²) in [6, 6.07) is 8.88. The molecule has 0 bridgehead atoms. The molecule has 1 aromatic carbocycles. The molecule has 2 rings (SSSR count). The molecule has 27 heavy (non-hydrogen) atoms. The van der Waals surface area contributed by atoms with Crippen LogP contribution in [0.25, 0.3) is 5.57 Å². The molecule has 0 aromatic heterocycles. The summed E-state index contributed by atoms with van der Waals surface area (Å²) in [7, 11) is 0. The summed E-state index contributed by atoms with van der Waals surface area (Å²) in [4.78, 5) is 7.05. The Bertz CT molecular complexity index is 783. The van der Waals surface area contributed by atoms with E-state index in [4.69, 9.17) is 9.73 Å². The highest BCUT2D eigenvalue weighted by Crippen LogP contribution is 2.18. The van der Waals surface area contributed by atoms with Gasteiger partial charge in [0.2, 0.25) is 0 Å². The minimum absolute atomic E-state index is 0.336. The van der Waals surface area contributed by atoms with Gasteiger partial charge in [-0.25, -0.2) is 4.99 Å². The number of rotatable bonds is 6. The summed E-state index contributed by atoms with van der Waals surface area (Å²) in [5.41, 5.74) is 5.75. The van der Waals surface area contributed by atoms with Gasteiger partial charge in [-0.3, -0.25) is 0 Å². The van der Waals surface area contributed by atoms with Crippen molar-refractivity contribution in [2.45, 2.75) is 40.7 Å². The SMILES string of the molecule is C=C(C)C(/C=N/C(=C/C)N1CCOCC1C)=C\C=C(/C)c1cccc(C)c1. The molecule has 144 valence electrons. The second-order valence-electron chi connectivity index (χ2n) is 7.14. The summed E-state index contributed by atoms with van der Waals surface area (Å²) in [5, 5.41) is 0. The van der Waals surface area contributed by atoms with Crippen molar-refractivity contribution < 1.29 is 4.74 Å². The molecular weight excluding hydrogens is 332 g/mol. The van der Waals surface area contributed by atoms with Gasteiger partial charge in [-0.05, 0) is 63.0 Å². The zero-order chi connectivity index (χ0) is 19.8. The van der Waals surface area contributed by atoms with Crippen molar-refractivity contribution in [3.05, 3.63) is 77.2 Å². The van der Waals surface area contributed by atoms with Crippen LogP contribution in [0.5, 0.6) is 0 Å². The van der Waals surface area contributed by atoms with E-state index in [9.17, 15) is 0 Å². The van der Waals surface area contributed by atoms with Crippen LogP contribution < -0.4 is 0 Å². The Morgan fingerprint density at radius 2 is 2.07 bits per heavy atom. The van der Waals surface area contributed by atoms with E-state index in [-0.39, 0.29) is 0 Å². The molecule has 0 amide bonds. The third-order valence-electron chi connectivity index (χ3n) is 4.74. The van der Waals surface area contributed by atoms with Crippen molar-refractivity contribution in [3.63, 3.8) is 0 Å². The number of hydrogen-bond donors (Lipinski definition) is 0. The number of ether oxygens (including phenoxy) is 1. The molecule has 1 atom stereocenters. The molecule has 0 saturated carbocycles. The van der Waals surface area contributed by atoms with Crippen LogP contribution in [-0.2, 0) is 4.74 Å². The summed E-state index contributed by atoms with van der Waals surface area (Å²) in [5.74, 6) is 0.984. The van der Waals surface area contributed by atoms with Crippen molar-refractivity contribution in [3.8, 4) is 0 Å². The fourth-order valence-electron chi connectivity index (χ4n) is 3.01. The van der Waals surface area contributed by atoms with Crippen molar-refractivity contribution in [2.75, 3.05) is 19.8 Å². The standard InChI is InChI=1S/C24H32N2O/c1-7-24(26-13-14-27-17-21(26)6)25-16-23(18(2)3)12-11-20(5)22-10-8-9-19(4)15-22/h7-12,15-16,21H,2,13-14,17H2,1,3-6H3/b20-11+,23-12-,24-7-,25-16+. The molecule has 0 spiro atoms. The van der Waals surface area contributed by atoms with Crippen molar-refractivity contribution >= 4 is 11.8 Å². The van der Waals surface area contributed by atoms with Crippen LogP contribution >= 0.6 is 0 Å². The Hall–Kier alpha value is -2.39. The average Bonchev–Trinajstić information content (AvgIpc) is 2.65. The number of morpholine rings is 1. The Morgan fingerprint density at radius 1 is 1.30 bits per heavy atom. The first-order valence-electron chi connectivity index (χ1n) is 9.58. The first-order valence-corrected chi connectivity index (χ1v) is 9.58. The first kappa shape index (κ1) is 20.9. The van der Waals surface area contributed by atoms with E-state index < -0.39 is 0 Å². The highest BCUT2D eigenvalue weighted by atomic mass is 16.5. The normalized spacial score (nSPS) is 19.7. The fraction of sp³-hybridized carbons (Fsp3) is 0.375. The average molecular weight is 365 g/mol. The molecule has 0 aliphatic carbocycles. The van der Waals surface area contributed by atoms with Gasteiger partial charge in [-0.2, -0.15) is 0 Å². The summed E-state index contributed by atoms with van der Waals surface area (Å²) in [6.07, 6.45) is 8.21. The molecule has 0 N–H and O–H groups in total. The van der Waals surface area contributed by atoms with Crippen LogP contribution in [-0.4, -0.2) is 36.9 Å². The molecule has 1 aromatic rings. The molecule has 1 unspecified atom stereocenters. The second-order valence-corrected chi connectivity index (χ2v) is 7.14. The Balaban J connectivity index is 2.21. The van der Waals surface area contributed by atoms with E-state index in [2.05, 4.69) is 74.7 Å². The quantitative estimate of drug-likeness (QED) is 0.488. The van der Waals surface area contributed by atoms with Crippen LogP contribution in [0.4, 0.5) is 0 Å². The molecular formula is C24H32N2O. The minimum atomic E-state index is 0.336. The Labute approximate surface area is 164 Å². The van der Waals surface area contributed by atoms with Crippen molar-refractivity contribution in [1.82, 2.24) is 4.90 Å². The van der Waals surface area contributed by atoms with E-state index in [1.807, 2.05) is 20.1 Å². The molecule has 1 heterocycles. The maximum Gasteiger partial charge on any atom is 0.124 e. The lowest BCUT2D eigenvalue weighted by Gasteiger charge is -2.35. The second kappa shape index (κ2) is 10.1. The van der Waals surface area contributed by atoms with E-state index in [0.29, 0.717) is 6.04 Å². The fourth-order valence-corrected chi connectivity index (χ4v) is 3.01. The number of benzene rings is 1. The molecule has 3 heteroatoms. The van der Waals surface area contributed by atoms with Crippen LogP contribution in [0.15, 0.2) is 71.0 Å². The van der Waals surface area contributed by atoms with Gasteiger partial charge in [0, 0.05) is 12.8 Å². The van der Waals surface area contributed by atoms with E-state index >= 15 is 0 Å². The third kappa shape index (κ3) is 6.07. The van der Waals surface area contributed by atoms with Gasteiger partial charge in [0.25, 0.3) is 0 Å². The van der Waals surface area contributed by atoms with Crippen LogP contribution in [0, 0.1) is 6.92 Å². The van der Waals surface area contributed by atoms with Crippen molar-refractivity contribution in [2.24, 2.45) is 4.99 Å². The first-order chi connectivity index (χ1) is 12.9. The number of aryl methyl sites for hydroxylation is 1. The van der Waals surface area contributed by atoms with Gasteiger partial charge in [-0.1, -0.05) is 48.6 Å². The Morgan fingerprint density at radius 3 is 2.70 bits per heavy atom. The maximum absolute atomic E-state index is 5.53. The zero-order valence-electron chi connectivity index (χ0n) is 17.3. The topological polar surface area (TPSA) is 24.8 Å². The Kier molecular flexibility index (Phi) is 7.81. The number of nitrogens with zero attached hydrogens (tertiary/aromatic N) is 2. The highest BCUT2D eigenvalue weighted by Gasteiger charge is 2.20. The summed E-state index contributed by atoms with van der Waals surface area (Å²) in [6.45, 7) is 16.9. The number of allylic oxidation sites excluding steroid dienone is 6. The number of aliphatic imine (C=N–C) groups is 1. The molecule has 3 nitrogen and oxygen atoms in total. The minimum Gasteiger partial charge on any atom is -0.377 e. The van der Waals surface area contributed by atoms with Gasteiger partial charge < -0.3 is 9.64 Å². The lowest BCUT2D eigenvalue weighted by Crippen LogP contribution is -2.42. The molecule has 0 radical (unpaired) electrons. The highest BCUT2D eigenvalue weighted by molar-refractivity contribution is 5.86. The lowest BCUT2D eigenvalue weighted by molar-refractivity contribution is 0.0164. The van der Waals surface area contributed by atoms with Crippen LogP contribution in [0.1, 0.15) is 38.8 Å². The molecule has 1 saturated heterocycles. The molecule has 1 aliphatic heterocycles. The predicted octanol–water partition coefficient (Wildman–Crippen LogP) is 5.55. The van der Waals surface area contributed by atoms with Crippen LogP contribution in [0.2, 0.25) is 0 Å². The maximum atomic E-state index is 5.53. The lowest BCUT2D eigenvalue weighted by atomic mass is 10.0. The van der Waals surface area contributed by atoms with Gasteiger partial charge in [0.15, 0.2) is 0 Å². The van der Waals surface area contributed by atoms with Gasteiger partial charge in [-0.15, -0.1) is 0 Å². The summed E-state index contributed by atoms with van der Waals surface area (Å²) < 4.78 is 5.53. The van der Waals surface area contributed by atoms with Crippen molar-refractivity contribution in [1.29, 1.82) is 0 Å². The summed E-state index contributed by atoms with van der Waals surface area (Å²) >= 11 is 0. The van der Waals surface area contributed by atoms with Gasteiger partial charge in [0.05, 0.1) is 19.3 Å². The smallest absolute Gasteiger partial charge is 0.124 e. The number of hydrogen-bond acceptors (Lipinski definition) is 3. The monoisotopic (exact) mass is 364 g/mol. The van der Waals surface area contributed by atoms with Crippen LogP contribution in [0.3, 0.4) is 0 Å². The van der Waals surface area contributed by atoms with Gasteiger partial charge in [0.1, 0.15) is 5.82 Å². The van der Waals surface area contributed by atoms with E-state index in [1.165, 1.54) is 16.7 Å².